The number of halogens is 1. The number of hydrogen-bond donors (Lipinski definition) is 1. The van der Waals surface area contributed by atoms with Gasteiger partial charge in [-0.2, -0.15) is 0 Å². The quantitative estimate of drug-likeness (QED) is 0.913. The first kappa shape index (κ1) is 14.5. The Morgan fingerprint density at radius 1 is 1.50 bits per heavy atom. The van der Waals surface area contributed by atoms with E-state index < -0.39 is 6.09 Å². The first-order valence-corrected chi connectivity index (χ1v) is 6.52. The SMILES string of the molecule is CC1CN(c2ccc(NC(=O)N(C)C)cc2Cl)C(=O)O1. The van der Waals surface area contributed by atoms with Crippen molar-refractivity contribution in [2.45, 2.75) is 13.0 Å². The van der Waals surface area contributed by atoms with Crippen molar-refractivity contribution in [3.8, 4) is 0 Å². The lowest BCUT2D eigenvalue weighted by Gasteiger charge is -2.16. The minimum absolute atomic E-state index is 0.160. The molecule has 1 fully saturated rings. The van der Waals surface area contributed by atoms with Crippen molar-refractivity contribution in [2.24, 2.45) is 0 Å². The summed E-state index contributed by atoms with van der Waals surface area (Å²) in [5, 5.41) is 3.07. The molecule has 108 valence electrons. The average molecular weight is 298 g/mol. The van der Waals surface area contributed by atoms with Crippen LogP contribution in [0.2, 0.25) is 5.02 Å². The Hall–Kier alpha value is -1.95. The number of nitrogens with zero attached hydrogens (tertiary/aromatic N) is 2. The van der Waals surface area contributed by atoms with Gasteiger partial charge < -0.3 is 15.0 Å². The van der Waals surface area contributed by atoms with Crippen LogP contribution in [0.4, 0.5) is 21.0 Å². The lowest BCUT2D eigenvalue weighted by Crippen LogP contribution is -2.27. The highest BCUT2D eigenvalue weighted by Crippen LogP contribution is 2.31. The Balaban J connectivity index is 2.18. The molecule has 1 heterocycles. The number of rotatable bonds is 2. The smallest absolute Gasteiger partial charge is 0.414 e. The Kier molecular flexibility index (Phi) is 4.04. The zero-order chi connectivity index (χ0) is 14.9. The molecule has 1 unspecified atom stereocenters. The fourth-order valence-electron chi connectivity index (χ4n) is 1.84. The third-order valence-corrected chi connectivity index (χ3v) is 3.16. The normalized spacial score (nSPS) is 17.9. The van der Waals surface area contributed by atoms with Gasteiger partial charge in [0.2, 0.25) is 0 Å². The molecule has 1 N–H and O–H groups in total. The van der Waals surface area contributed by atoms with Crippen molar-refractivity contribution < 1.29 is 14.3 Å². The van der Waals surface area contributed by atoms with E-state index in [2.05, 4.69) is 5.32 Å². The maximum absolute atomic E-state index is 11.7. The zero-order valence-corrected chi connectivity index (χ0v) is 12.3. The van der Waals surface area contributed by atoms with Gasteiger partial charge in [0.05, 0.1) is 17.3 Å². The predicted octanol–water partition coefficient (Wildman–Crippen LogP) is 2.78. The van der Waals surface area contributed by atoms with E-state index in [0.29, 0.717) is 22.9 Å². The van der Waals surface area contributed by atoms with Gasteiger partial charge in [-0.05, 0) is 25.1 Å². The summed E-state index contributed by atoms with van der Waals surface area (Å²) in [5.41, 5.74) is 1.14. The molecule has 0 bridgehead atoms. The molecule has 0 aromatic heterocycles. The van der Waals surface area contributed by atoms with Crippen molar-refractivity contribution in [3.05, 3.63) is 23.2 Å². The number of nitrogens with one attached hydrogen (secondary N) is 1. The molecule has 2 rings (SSSR count). The van der Waals surface area contributed by atoms with E-state index in [1.54, 1.807) is 32.3 Å². The van der Waals surface area contributed by atoms with E-state index in [1.165, 1.54) is 9.80 Å². The first-order chi connectivity index (χ1) is 9.38. The van der Waals surface area contributed by atoms with E-state index in [1.807, 2.05) is 6.92 Å². The number of urea groups is 1. The van der Waals surface area contributed by atoms with Crippen LogP contribution in [0.1, 0.15) is 6.92 Å². The van der Waals surface area contributed by atoms with Crippen molar-refractivity contribution in [2.75, 3.05) is 30.9 Å². The number of amides is 3. The molecule has 0 aliphatic carbocycles. The second kappa shape index (κ2) is 5.58. The van der Waals surface area contributed by atoms with Crippen molar-refractivity contribution >= 4 is 35.1 Å². The van der Waals surface area contributed by atoms with Crippen molar-refractivity contribution in [1.82, 2.24) is 4.90 Å². The molecule has 1 aromatic carbocycles. The highest BCUT2D eigenvalue weighted by Gasteiger charge is 2.30. The predicted molar refractivity (Wildman–Crippen MR) is 77.4 cm³/mol. The Bertz CT molecular complexity index is 548. The largest absolute Gasteiger partial charge is 0.444 e. The summed E-state index contributed by atoms with van der Waals surface area (Å²) in [6.45, 7) is 2.28. The molecule has 0 saturated carbocycles. The van der Waals surface area contributed by atoms with Gasteiger partial charge >= 0.3 is 12.1 Å². The molecule has 20 heavy (non-hydrogen) atoms. The van der Waals surface area contributed by atoms with Gasteiger partial charge in [0.15, 0.2) is 0 Å². The van der Waals surface area contributed by atoms with Crippen LogP contribution in [-0.2, 0) is 4.74 Å². The number of carbonyl (C=O) groups excluding carboxylic acids is 2. The standard InChI is InChI=1S/C13H16ClN3O3/c1-8-7-17(13(19)20-8)11-5-4-9(6-10(11)14)15-12(18)16(2)3/h4-6,8H,7H2,1-3H3,(H,15,18). The monoisotopic (exact) mass is 297 g/mol. The van der Waals surface area contributed by atoms with Gasteiger partial charge in [0, 0.05) is 19.8 Å². The van der Waals surface area contributed by atoms with Crippen LogP contribution in [0.3, 0.4) is 0 Å². The number of cyclic esters (lactones) is 1. The van der Waals surface area contributed by atoms with Crippen molar-refractivity contribution in [1.29, 1.82) is 0 Å². The molecule has 7 heteroatoms. The highest BCUT2D eigenvalue weighted by atomic mass is 35.5. The van der Waals surface area contributed by atoms with Gasteiger partial charge in [-0.15, -0.1) is 0 Å². The molecule has 3 amide bonds. The Morgan fingerprint density at radius 3 is 2.70 bits per heavy atom. The van der Waals surface area contributed by atoms with E-state index in [0.717, 1.165) is 0 Å². The summed E-state index contributed by atoms with van der Waals surface area (Å²) in [4.78, 5) is 26.1. The lowest BCUT2D eigenvalue weighted by molar-refractivity contribution is 0.150. The van der Waals surface area contributed by atoms with Crippen LogP contribution >= 0.6 is 11.6 Å². The molecule has 6 nitrogen and oxygen atoms in total. The van der Waals surface area contributed by atoms with Gasteiger partial charge in [-0.3, -0.25) is 4.90 Å². The fourth-order valence-corrected chi connectivity index (χ4v) is 2.12. The summed E-state index contributed by atoms with van der Waals surface area (Å²) in [6.07, 6.45) is -0.573. The van der Waals surface area contributed by atoms with E-state index in [9.17, 15) is 9.59 Å². The molecular formula is C13H16ClN3O3. The molecule has 1 aliphatic rings. The zero-order valence-electron chi connectivity index (χ0n) is 11.5. The van der Waals surface area contributed by atoms with Crippen molar-refractivity contribution in [3.63, 3.8) is 0 Å². The molecule has 1 aromatic rings. The van der Waals surface area contributed by atoms with Crippen LogP contribution in [0.15, 0.2) is 18.2 Å². The topological polar surface area (TPSA) is 61.9 Å². The van der Waals surface area contributed by atoms with Crippen LogP contribution in [-0.4, -0.2) is 43.8 Å². The maximum Gasteiger partial charge on any atom is 0.414 e. The van der Waals surface area contributed by atoms with Gasteiger partial charge in [0.1, 0.15) is 6.10 Å². The third-order valence-electron chi connectivity index (χ3n) is 2.86. The summed E-state index contributed by atoms with van der Waals surface area (Å²) in [7, 11) is 3.29. The molecule has 0 spiro atoms. The number of anilines is 2. The fraction of sp³-hybridized carbons (Fsp3) is 0.385. The van der Waals surface area contributed by atoms with Crippen LogP contribution in [0.5, 0.6) is 0 Å². The molecule has 1 atom stereocenters. The van der Waals surface area contributed by atoms with Gasteiger partial charge in [-0.1, -0.05) is 11.6 Å². The second-order valence-electron chi connectivity index (χ2n) is 4.80. The molecule has 1 aliphatic heterocycles. The van der Waals surface area contributed by atoms with Crippen LogP contribution in [0.25, 0.3) is 0 Å². The van der Waals surface area contributed by atoms with E-state index in [-0.39, 0.29) is 12.1 Å². The number of ether oxygens (including phenoxy) is 1. The van der Waals surface area contributed by atoms with E-state index in [4.69, 9.17) is 16.3 Å². The number of carbonyl (C=O) groups is 2. The van der Waals surface area contributed by atoms with Gasteiger partial charge in [-0.25, -0.2) is 9.59 Å². The molecule has 1 saturated heterocycles. The summed E-state index contributed by atoms with van der Waals surface area (Å²) in [5.74, 6) is 0. The summed E-state index contributed by atoms with van der Waals surface area (Å²) in [6, 6.07) is 4.74. The lowest BCUT2D eigenvalue weighted by atomic mass is 10.2. The van der Waals surface area contributed by atoms with Crippen LogP contribution in [0, 0.1) is 0 Å². The summed E-state index contributed by atoms with van der Waals surface area (Å²) >= 11 is 6.17. The van der Waals surface area contributed by atoms with Crippen LogP contribution < -0.4 is 10.2 Å². The molecule has 0 radical (unpaired) electrons. The highest BCUT2D eigenvalue weighted by molar-refractivity contribution is 6.34. The number of benzene rings is 1. The number of hydrogen-bond acceptors (Lipinski definition) is 3. The average Bonchev–Trinajstić information content (AvgIpc) is 2.68. The Labute approximate surface area is 122 Å². The summed E-state index contributed by atoms with van der Waals surface area (Å²) < 4.78 is 5.06. The molecular weight excluding hydrogens is 282 g/mol. The van der Waals surface area contributed by atoms with E-state index >= 15 is 0 Å². The first-order valence-electron chi connectivity index (χ1n) is 6.14. The van der Waals surface area contributed by atoms with Gasteiger partial charge in [0.25, 0.3) is 0 Å². The third kappa shape index (κ3) is 2.96. The minimum atomic E-state index is -0.413. The maximum atomic E-state index is 11.7. The second-order valence-corrected chi connectivity index (χ2v) is 5.20. The minimum Gasteiger partial charge on any atom is -0.444 e. The Morgan fingerprint density at radius 2 is 2.20 bits per heavy atom.